The highest BCUT2D eigenvalue weighted by molar-refractivity contribution is 5.91. The lowest BCUT2D eigenvalue weighted by molar-refractivity contribution is 0.0564. The number of carbonyl (C=O) groups excluding carboxylic acids is 1. The Bertz CT molecular complexity index is 431. The zero-order valence-corrected chi connectivity index (χ0v) is 10.3. The maximum Gasteiger partial charge on any atom is 0.322 e. The van der Waals surface area contributed by atoms with Gasteiger partial charge in [0.15, 0.2) is 0 Å². The van der Waals surface area contributed by atoms with E-state index in [-0.39, 0.29) is 6.03 Å². The summed E-state index contributed by atoms with van der Waals surface area (Å²) >= 11 is 0. The number of nitrogens with two attached hydrogens (primary N) is 1. The normalized spacial score (nSPS) is 15.3. The van der Waals surface area contributed by atoms with Crippen LogP contribution in [0.2, 0.25) is 0 Å². The molecule has 0 aliphatic carbocycles. The molecule has 0 saturated carbocycles. The van der Waals surface area contributed by atoms with Gasteiger partial charge in [-0.25, -0.2) is 4.79 Å². The topological polar surface area (TPSA) is 76.8 Å². The van der Waals surface area contributed by atoms with Gasteiger partial charge in [-0.15, -0.1) is 0 Å². The Morgan fingerprint density at radius 2 is 2.17 bits per heavy atom. The van der Waals surface area contributed by atoms with Crippen LogP contribution < -0.4 is 15.8 Å². The Hall–Kier alpha value is -1.95. The van der Waals surface area contributed by atoms with Gasteiger partial charge in [0, 0.05) is 18.8 Å². The molecule has 98 valence electrons. The summed E-state index contributed by atoms with van der Waals surface area (Å²) in [5, 5.41) is 2.80. The summed E-state index contributed by atoms with van der Waals surface area (Å²) in [5.41, 5.74) is 6.85. The van der Waals surface area contributed by atoms with Gasteiger partial charge in [-0.1, -0.05) is 0 Å². The van der Waals surface area contributed by atoms with E-state index >= 15 is 0 Å². The van der Waals surface area contributed by atoms with E-state index in [0.29, 0.717) is 43.4 Å². The van der Waals surface area contributed by atoms with Gasteiger partial charge < -0.3 is 25.4 Å². The molecule has 1 aliphatic rings. The van der Waals surface area contributed by atoms with E-state index in [0.717, 1.165) is 0 Å². The summed E-state index contributed by atoms with van der Waals surface area (Å²) in [6, 6.07) is 4.96. The molecular weight excluding hydrogens is 234 g/mol. The number of nitrogens with zero attached hydrogens (tertiary/aromatic N) is 1. The van der Waals surface area contributed by atoms with Gasteiger partial charge in [-0.05, 0) is 18.2 Å². The number of hydrogen-bond donors (Lipinski definition) is 2. The second kappa shape index (κ2) is 5.59. The first-order valence-corrected chi connectivity index (χ1v) is 5.78. The maximum atomic E-state index is 12.0. The van der Waals surface area contributed by atoms with Crippen molar-refractivity contribution >= 4 is 17.4 Å². The summed E-state index contributed by atoms with van der Waals surface area (Å²) in [6.45, 7) is 2.33. The van der Waals surface area contributed by atoms with Gasteiger partial charge in [-0.3, -0.25) is 0 Å². The summed E-state index contributed by atoms with van der Waals surface area (Å²) in [6.07, 6.45) is 0. The fourth-order valence-corrected chi connectivity index (χ4v) is 1.78. The lowest BCUT2D eigenvalue weighted by atomic mass is 10.2. The summed E-state index contributed by atoms with van der Waals surface area (Å²) in [7, 11) is 1.55. The highest BCUT2D eigenvalue weighted by Crippen LogP contribution is 2.26. The molecular formula is C12H17N3O3. The lowest BCUT2D eigenvalue weighted by Gasteiger charge is -2.27. The average molecular weight is 251 g/mol. The van der Waals surface area contributed by atoms with Crippen molar-refractivity contribution in [2.45, 2.75) is 0 Å². The van der Waals surface area contributed by atoms with E-state index in [1.54, 1.807) is 30.2 Å². The monoisotopic (exact) mass is 251 g/mol. The van der Waals surface area contributed by atoms with E-state index in [9.17, 15) is 4.79 Å². The predicted molar refractivity (Wildman–Crippen MR) is 68.8 cm³/mol. The zero-order valence-electron chi connectivity index (χ0n) is 10.3. The summed E-state index contributed by atoms with van der Waals surface area (Å²) < 4.78 is 10.4. The second-order valence-corrected chi connectivity index (χ2v) is 3.99. The molecule has 0 atom stereocenters. The third-order valence-electron chi connectivity index (χ3n) is 2.76. The minimum Gasteiger partial charge on any atom is -0.495 e. The van der Waals surface area contributed by atoms with Crippen molar-refractivity contribution in [2.24, 2.45) is 0 Å². The first-order chi connectivity index (χ1) is 8.70. The van der Waals surface area contributed by atoms with Gasteiger partial charge in [0.25, 0.3) is 0 Å². The molecule has 2 amide bonds. The standard InChI is InChI=1S/C12H17N3O3/c1-17-11-3-2-9(13)8-10(11)14-12(16)15-4-6-18-7-5-15/h2-3,8H,4-7,13H2,1H3,(H,14,16). The van der Waals surface area contributed by atoms with E-state index in [4.69, 9.17) is 15.2 Å². The lowest BCUT2D eigenvalue weighted by Crippen LogP contribution is -2.43. The Kier molecular flexibility index (Phi) is 3.88. The van der Waals surface area contributed by atoms with Gasteiger partial charge in [0.05, 0.1) is 26.0 Å². The molecule has 1 aliphatic heterocycles. The molecule has 0 spiro atoms. The van der Waals surface area contributed by atoms with Crippen molar-refractivity contribution in [2.75, 3.05) is 44.5 Å². The number of carbonyl (C=O) groups is 1. The highest BCUT2D eigenvalue weighted by atomic mass is 16.5. The molecule has 0 aromatic heterocycles. The Morgan fingerprint density at radius 1 is 1.44 bits per heavy atom. The van der Waals surface area contributed by atoms with Crippen LogP contribution in [0.25, 0.3) is 0 Å². The number of morpholine rings is 1. The number of nitrogen functional groups attached to an aromatic ring is 1. The smallest absolute Gasteiger partial charge is 0.322 e. The number of methoxy groups -OCH3 is 1. The molecule has 0 bridgehead atoms. The fourth-order valence-electron chi connectivity index (χ4n) is 1.78. The molecule has 0 radical (unpaired) electrons. The zero-order chi connectivity index (χ0) is 13.0. The fraction of sp³-hybridized carbons (Fsp3) is 0.417. The molecule has 1 aromatic carbocycles. The molecule has 1 aromatic rings. The number of urea groups is 1. The van der Waals surface area contributed by atoms with E-state index < -0.39 is 0 Å². The van der Waals surface area contributed by atoms with Gasteiger partial charge in [0.1, 0.15) is 5.75 Å². The predicted octanol–water partition coefficient (Wildman–Crippen LogP) is 1.14. The van der Waals surface area contributed by atoms with Crippen LogP contribution in [0.3, 0.4) is 0 Å². The van der Waals surface area contributed by atoms with Gasteiger partial charge >= 0.3 is 6.03 Å². The van der Waals surface area contributed by atoms with E-state index in [2.05, 4.69) is 5.32 Å². The Balaban J connectivity index is 2.07. The van der Waals surface area contributed by atoms with Crippen molar-refractivity contribution in [1.29, 1.82) is 0 Å². The van der Waals surface area contributed by atoms with Crippen LogP contribution in [0.5, 0.6) is 5.75 Å². The molecule has 3 N–H and O–H groups in total. The van der Waals surface area contributed by atoms with Crippen LogP contribution in [0, 0.1) is 0 Å². The van der Waals surface area contributed by atoms with Crippen LogP contribution in [-0.4, -0.2) is 44.3 Å². The molecule has 1 saturated heterocycles. The number of rotatable bonds is 2. The third kappa shape index (κ3) is 2.84. The largest absolute Gasteiger partial charge is 0.495 e. The van der Waals surface area contributed by atoms with Crippen LogP contribution >= 0.6 is 0 Å². The van der Waals surface area contributed by atoms with Crippen LogP contribution in [0.1, 0.15) is 0 Å². The molecule has 1 fully saturated rings. The summed E-state index contributed by atoms with van der Waals surface area (Å²) in [5.74, 6) is 0.589. The molecule has 18 heavy (non-hydrogen) atoms. The first kappa shape index (κ1) is 12.5. The Morgan fingerprint density at radius 3 is 2.83 bits per heavy atom. The minimum absolute atomic E-state index is 0.165. The molecule has 2 rings (SSSR count). The third-order valence-corrected chi connectivity index (χ3v) is 2.76. The second-order valence-electron chi connectivity index (χ2n) is 3.99. The number of benzene rings is 1. The van der Waals surface area contributed by atoms with Crippen molar-refractivity contribution in [3.05, 3.63) is 18.2 Å². The van der Waals surface area contributed by atoms with Crippen molar-refractivity contribution in [1.82, 2.24) is 4.90 Å². The van der Waals surface area contributed by atoms with Crippen molar-refractivity contribution < 1.29 is 14.3 Å². The molecule has 0 unspecified atom stereocenters. The molecule has 1 heterocycles. The molecule has 6 heteroatoms. The van der Waals surface area contributed by atoms with Crippen LogP contribution in [0.15, 0.2) is 18.2 Å². The number of ether oxygens (including phenoxy) is 2. The molecule has 6 nitrogen and oxygen atoms in total. The van der Waals surface area contributed by atoms with E-state index in [1.807, 2.05) is 0 Å². The van der Waals surface area contributed by atoms with E-state index in [1.165, 1.54) is 0 Å². The van der Waals surface area contributed by atoms with Crippen LogP contribution in [-0.2, 0) is 4.74 Å². The van der Waals surface area contributed by atoms with Gasteiger partial charge in [-0.2, -0.15) is 0 Å². The van der Waals surface area contributed by atoms with Crippen molar-refractivity contribution in [3.8, 4) is 5.75 Å². The SMILES string of the molecule is COc1ccc(N)cc1NC(=O)N1CCOCC1. The van der Waals surface area contributed by atoms with Crippen molar-refractivity contribution in [3.63, 3.8) is 0 Å². The average Bonchev–Trinajstić information content (AvgIpc) is 2.40. The first-order valence-electron chi connectivity index (χ1n) is 5.78. The van der Waals surface area contributed by atoms with Crippen LogP contribution in [0.4, 0.5) is 16.2 Å². The number of anilines is 2. The number of hydrogen-bond acceptors (Lipinski definition) is 4. The van der Waals surface area contributed by atoms with Gasteiger partial charge in [0.2, 0.25) is 0 Å². The highest BCUT2D eigenvalue weighted by Gasteiger charge is 2.18. The number of nitrogens with one attached hydrogen (secondary N) is 1. The number of amides is 2. The Labute approximate surface area is 106 Å². The summed E-state index contributed by atoms with van der Waals surface area (Å²) in [4.78, 5) is 13.7. The quantitative estimate of drug-likeness (QED) is 0.773. The maximum absolute atomic E-state index is 12.0. The minimum atomic E-state index is -0.165.